The molecule has 1 N–H and O–H groups in total. The third kappa shape index (κ3) is 2.94. The van der Waals surface area contributed by atoms with E-state index in [4.69, 9.17) is 0 Å². The van der Waals surface area contributed by atoms with Crippen LogP contribution >= 0.6 is 0 Å². The normalized spacial score (nSPS) is 34.6. The van der Waals surface area contributed by atoms with Crippen LogP contribution in [0.25, 0.3) is 0 Å². The number of nitrogens with one attached hydrogen (secondary N) is 1. The molecule has 15 heavy (non-hydrogen) atoms. The van der Waals surface area contributed by atoms with E-state index in [-0.39, 0.29) is 0 Å². The standard InChI is InChI=1S/C13H26N2/c1-11-8-13(10-14-9-11)15(2)12-6-4-3-5-7-12/h11-14H,3-10H2,1-2H3. The third-order valence-electron chi connectivity index (χ3n) is 4.27. The highest BCUT2D eigenvalue weighted by atomic mass is 15.2. The number of piperidine rings is 1. The summed E-state index contributed by atoms with van der Waals surface area (Å²) in [5, 5.41) is 3.56. The number of hydrogen-bond acceptors (Lipinski definition) is 2. The third-order valence-corrected chi connectivity index (χ3v) is 4.27. The Hall–Kier alpha value is -0.0800. The second-order valence-electron chi connectivity index (χ2n) is 5.61. The molecule has 2 unspecified atom stereocenters. The molecule has 2 heteroatoms. The van der Waals surface area contributed by atoms with Crippen molar-refractivity contribution < 1.29 is 0 Å². The highest BCUT2D eigenvalue weighted by molar-refractivity contribution is 4.84. The van der Waals surface area contributed by atoms with E-state index in [1.165, 1.54) is 51.6 Å². The fraction of sp³-hybridized carbons (Fsp3) is 1.00. The molecule has 0 aromatic heterocycles. The van der Waals surface area contributed by atoms with E-state index in [0.717, 1.165) is 18.0 Å². The van der Waals surface area contributed by atoms with Gasteiger partial charge in [-0.2, -0.15) is 0 Å². The number of likely N-dealkylation sites (N-methyl/N-ethyl adjacent to an activating group) is 1. The van der Waals surface area contributed by atoms with Crippen LogP contribution < -0.4 is 5.32 Å². The van der Waals surface area contributed by atoms with Crippen molar-refractivity contribution in [2.75, 3.05) is 20.1 Å². The molecule has 0 spiro atoms. The molecule has 0 bridgehead atoms. The van der Waals surface area contributed by atoms with Crippen molar-refractivity contribution in [3.05, 3.63) is 0 Å². The summed E-state index contributed by atoms with van der Waals surface area (Å²) in [5.74, 6) is 0.856. The van der Waals surface area contributed by atoms with Crippen molar-refractivity contribution >= 4 is 0 Å². The van der Waals surface area contributed by atoms with Crippen LogP contribution in [-0.4, -0.2) is 37.1 Å². The molecule has 2 atom stereocenters. The zero-order valence-corrected chi connectivity index (χ0v) is 10.3. The average Bonchev–Trinajstić information content (AvgIpc) is 2.29. The Kier molecular flexibility index (Phi) is 4.04. The van der Waals surface area contributed by atoms with E-state index in [0.29, 0.717) is 0 Å². The topological polar surface area (TPSA) is 15.3 Å². The van der Waals surface area contributed by atoms with Gasteiger partial charge in [0.2, 0.25) is 0 Å². The minimum Gasteiger partial charge on any atom is -0.315 e. The summed E-state index contributed by atoms with van der Waals surface area (Å²) >= 11 is 0. The van der Waals surface area contributed by atoms with Gasteiger partial charge >= 0.3 is 0 Å². The van der Waals surface area contributed by atoms with Gasteiger partial charge in [0.15, 0.2) is 0 Å². The van der Waals surface area contributed by atoms with Crippen molar-refractivity contribution in [2.24, 2.45) is 5.92 Å². The van der Waals surface area contributed by atoms with E-state index < -0.39 is 0 Å². The van der Waals surface area contributed by atoms with Gasteiger partial charge in [0.25, 0.3) is 0 Å². The minimum absolute atomic E-state index is 0.789. The zero-order valence-electron chi connectivity index (χ0n) is 10.3. The SMILES string of the molecule is CC1CNCC(N(C)C2CCCCC2)C1. The molecule has 1 saturated heterocycles. The summed E-state index contributed by atoms with van der Waals surface area (Å²) in [7, 11) is 2.35. The lowest BCUT2D eigenvalue weighted by Gasteiger charge is -2.40. The molecule has 1 saturated carbocycles. The Bertz CT molecular complexity index is 187. The average molecular weight is 210 g/mol. The predicted octanol–water partition coefficient (Wildman–Crippen LogP) is 2.25. The van der Waals surface area contributed by atoms with Crippen molar-refractivity contribution in [3.8, 4) is 0 Å². The smallest absolute Gasteiger partial charge is 0.0223 e. The lowest BCUT2D eigenvalue weighted by molar-refractivity contribution is 0.104. The lowest BCUT2D eigenvalue weighted by atomic mass is 9.90. The van der Waals surface area contributed by atoms with Gasteiger partial charge in [-0.15, -0.1) is 0 Å². The highest BCUT2D eigenvalue weighted by Crippen LogP contribution is 2.25. The minimum atomic E-state index is 0.789. The van der Waals surface area contributed by atoms with E-state index in [9.17, 15) is 0 Å². The van der Waals surface area contributed by atoms with Crippen LogP contribution in [0.3, 0.4) is 0 Å². The maximum atomic E-state index is 3.56. The molecule has 0 aromatic carbocycles. The predicted molar refractivity (Wildman–Crippen MR) is 65.1 cm³/mol. The Morgan fingerprint density at radius 1 is 1.00 bits per heavy atom. The first kappa shape index (κ1) is 11.4. The summed E-state index contributed by atoms with van der Waals surface area (Å²) in [5.41, 5.74) is 0. The first-order valence-corrected chi connectivity index (χ1v) is 6.70. The number of hydrogen-bond donors (Lipinski definition) is 1. The maximum absolute atomic E-state index is 3.56. The molecule has 1 aliphatic heterocycles. The summed E-state index contributed by atoms with van der Waals surface area (Å²) < 4.78 is 0. The van der Waals surface area contributed by atoms with Crippen LogP contribution in [0.4, 0.5) is 0 Å². The van der Waals surface area contributed by atoms with Gasteiger partial charge in [0.1, 0.15) is 0 Å². The van der Waals surface area contributed by atoms with Gasteiger partial charge in [0.05, 0.1) is 0 Å². The van der Waals surface area contributed by atoms with E-state index >= 15 is 0 Å². The molecule has 2 aliphatic rings. The van der Waals surface area contributed by atoms with E-state index in [2.05, 4.69) is 24.2 Å². The second kappa shape index (κ2) is 5.31. The molecule has 0 amide bonds. The Balaban J connectivity index is 1.85. The van der Waals surface area contributed by atoms with Crippen molar-refractivity contribution in [3.63, 3.8) is 0 Å². The van der Waals surface area contributed by atoms with Crippen molar-refractivity contribution in [1.82, 2.24) is 10.2 Å². The number of rotatable bonds is 2. The quantitative estimate of drug-likeness (QED) is 0.752. The molecule has 88 valence electrons. The van der Waals surface area contributed by atoms with Crippen LogP contribution in [-0.2, 0) is 0 Å². The molecule has 1 heterocycles. The summed E-state index contributed by atoms with van der Waals surface area (Å²) in [6.45, 7) is 4.79. The van der Waals surface area contributed by atoms with Gasteiger partial charge in [-0.3, -0.25) is 4.90 Å². The molecular weight excluding hydrogens is 184 g/mol. The number of nitrogens with zero attached hydrogens (tertiary/aromatic N) is 1. The fourth-order valence-corrected chi connectivity index (χ4v) is 3.22. The first-order chi connectivity index (χ1) is 7.27. The van der Waals surface area contributed by atoms with Crippen LogP contribution in [0.1, 0.15) is 45.4 Å². The van der Waals surface area contributed by atoms with Crippen LogP contribution in [0.15, 0.2) is 0 Å². The Morgan fingerprint density at radius 3 is 2.40 bits per heavy atom. The first-order valence-electron chi connectivity index (χ1n) is 6.70. The lowest BCUT2D eigenvalue weighted by Crippen LogP contribution is -2.50. The second-order valence-corrected chi connectivity index (χ2v) is 5.61. The summed E-state index contributed by atoms with van der Waals surface area (Å²) in [4.78, 5) is 2.67. The monoisotopic (exact) mass is 210 g/mol. The van der Waals surface area contributed by atoms with E-state index in [1.54, 1.807) is 0 Å². The molecule has 0 radical (unpaired) electrons. The van der Waals surface area contributed by atoms with Crippen LogP contribution in [0.5, 0.6) is 0 Å². The zero-order chi connectivity index (χ0) is 10.7. The Morgan fingerprint density at radius 2 is 1.73 bits per heavy atom. The van der Waals surface area contributed by atoms with Crippen LogP contribution in [0, 0.1) is 5.92 Å². The van der Waals surface area contributed by atoms with Gasteiger partial charge in [-0.25, -0.2) is 0 Å². The molecular formula is C13H26N2. The maximum Gasteiger partial charge on any atom is 0.0223 e. The largest absolute Gasteiger partial charge is 0.315 e. The molecule has 0 aromatic rings. The molecule has 2 nitrogen and oxygen atoms in total. The highest BCUT2D eigenvalue weighted by Gasteiger charge is 2.27. The molecule has 2 rings (SSSR count). The van der Waals surface area contributed by atoms with Gasteiger partial charge in [-0.1, -0.05) is 26.2 Å². The summed E-state index contributed by atoms with van der Waals surface area (Å²) in [6, 6.07) is 1.66. The van der Waals surface area contributed by atoms with Gasteiger partial charge < -0.3 is 5.32 Å². The molecule has 2 fully saturated rings. The van der Waals surface area contributed by atoms with E-state index in [1.807, 2.05) is 0 Å². The Labute approximate surface area is 94.4 Å². The van der Waals surface area contributed by atoms with Crippen molar-refractivity contribution in [2.45, 2.75) is 57.5 Å². The van der Waals surface area contributed by atoms with Crippen LogP contribution in [0.2, 0.25) is 0 Å². The van der Waals surface area contributed by atoms with Crippen molar-refractivity contribution in [1.29, 1.82) is 0 Å². The fourth-order valence-electron chi connectivity index (χ4n) is 3.22. The van der Waals surface area contributed by atoms with Gasteiger partial charge in [0, 0.05) is 18.6 Å². The van der Waals surface area contributed by atoms with Gasteiger partial charge in [-0.05, 0) is 38.8 Å². The molecule has 1 aliphatic carbocycles. The summed E-state index contributed by atoms with van der Waals surface area (Å²) in [6.07, 6.45) is 8.61.